The van der Waals surface area contributed by atoms with E-state index in [1.54, 1.807) is 18.2 Å². The molecule has 0 saturated heterocycles. The van der Waals surface area contributed by atoms with Gasteiger partial charge < -0.3 is 15.7 Å². The SMILES string of the molecule is CC(Cc1ccc(O)cc1)NC(=O)NCc1ccccc1Cl. The molecule has 4 nitrogen and oxygen atoms in total. The molecule has 2 aromatic carbocycles. The number of nitrogens with one attached hydrogen (secondary N) is 2. The van der Waals surface area contributed by atoms with Gasteiger partial charge in [-0.1, -0.05) is 41.9 Å². The van der Waals surface area contributed by atoms with Crippen LogP contribution in [0.2, 0.25) is 5.02 Å². The Hall–Kier alpha value is -2.20. The molecule has 0 heterocycles. The Morgan fingerprint density at radius 1 is 1.18 bits per heavy atom. The molecule has 3 N–H and O–H groups in total. The molecule has 0 aliphatic heterocycles. The second-order valence-corrected chi connectivity index (χ2v) is 5.60. The van der Waals surface area contributed by atoms with E-state index in [1.165, 1.54) is 0 Å². The highest BCUT2D eigenvalue weighted by Gasteiger charge is 2.08. The highest BCUT2D eigenvalue weighted by Crippen LogP contribution is 2.14. The molecule has 116 valence electrons. The monoisotopic (exact) mass is 318 g/mol. The molecular weight excluding hydrogens is 300 g/mol. The third-order valence-electron chi connectivity index (χ3n) is 3.25. The summed E-state index contributed by atoms with van der Waals surface area (Å²) in [6, 6.07) is 14.1. The Bertz CT molecular complexity index is 629. The molecule has 0 spiro atoms. The highest BCUT2D eigenvalue weighted by atomic mass is 35.5. The fourth-order valence-corrected chi connectivity index (χ4v) is 2.33. The van der Waals surface area contributed by atoms with Gasteiger partial charge in [0.2, 0.25) is 0 Å². The van der Waals surface area contributed by atoms with Crippen LogP contribution in [0.1, 0.15) is 18.1 Å². The van der Waals surface area contributed by atoms with Crippen molar-refractivity contribution in [3.63, 3.8) is 0 Å². The van der Waals surface area contributed by atoms with E-state index in [0.29, 0.717) is 18.0 Å². The van der Waals surface area contributed by atoms with Crippen LogP contribution in [0.25, 0.3) is 0 Å². The summed E-state index contributed by atoms with van der Waals surface area (Å²) in [6.45, 7) is 2.32. The topological polar surface area (TPSA) is 61.4 Å². The van der Waals surface area contributed by atoms with Gasteiger partial charge in [-0.05, 0) is 42.7 Å². The number of phenols is 1. The summed E-state index contributed by atoms with van der Waals surface area (Å²) >= 11 is 6.04. The second-order valence-electron chi connectivity index (χ2n) is 5.19. The molecule has 1 unspecified atom stereocenters. The maximum atomic E-state index is 11.9. The van der Waals surface area contributed by atoms with Gasteiger partial charge in [0.05, 0.1) is 0 Å². The first-order valence-corrected chi connectivity index (χ1v) is 7.48. The second kappa shape index (κ2) is 7.71. The fourth-order valence-electron chi connectivity index (χ4n) is 2.13. The molecule has 22 heavy (non-hydrogen) atoms. The summed E-state index contributed by atoms with van der Waals surface area (Å²) in [5, 5.41) is 15.6. The van der Waals surface area contributed by atoms with Crippen LogP contribution in [0.4, 0.5) is 4.79 Å². The largest absolute Gasteiger partial charge is 0.508 e. The molecule has 0 aliphatic rings. The van der Waals surface area contributed by atoms with Crippen molar-refractivity contribution in [3.05, 3.63) is 64.7 Å². The molecule has 1 atom stereocenters. The predicted octanol–water partition coefficient (Wildman–Crippen LogP) is 3.48. The van der Waals surface area contributed by atoms with E-state index < -0.39 is 0 Å². The third kappa shape index (κ3) is 4.97. The van der Waals surface area contributed by atoms with Crippen LogP contribution in [-0.4, -0.2) is 17.2 Å². The van der Waals surface area contributed by atoms with E-state index in [0.717, 1.165) is 11.1 Å². The molecule has 0 radical (unpaired) electrons. The number of carbonyl (C=O) groups excluding carboxylic acids is 1. The smallest absolute Gasteiger partial charge is 0.315 e. The number of phenolic OH excluding ortho intramolecular Hbond substituents is 1. The Kier molecular flexibility index (Phi) is 5.67. The van der Waals surface area contributed by atoms with E-state index in [1.807, 2.05) is 37.3 Å². The van der Waals surface area contributed by atoms with Crippen LogP contribution in [0, 0.1) is 0 Å². The molecule has 2 amide bonds. The number of rotatable bonds is 5. The molecule has 0 aromatic heterocycles. The summed E-state index contributed by atoms with van der Waals surface area (Å²) in [5.74, 6) is 0.238. The van der Waals surface area contributed by atoms with Crippen molar-refractivity contribution in [2.24, 2.45) is 0 Å². The van der Waals surface area contributed by atoms with Crippen molar-refractivity contribution >= 4 is 17.6 Å². The summed E-state index contributed by atoms with van der Waals surface area (Å²) in [4.78, 5) is 11.9. The van der Waals surface area contributed by atoms with Crippen LogP contribution in [-0.2, 0) is 13.0 Å². The standard InChI is InChI=1S/C17H19ClN2O2/c1-12(10-13-6-8-15(21)9-7-13)20-17(22)19-11-14-4-2-3-5-16(14)18/h2-9,12,21H,10-11H2,1H3,(H2,19,20,22). The number of hydrogen-bond acceptors (Lipinski definition) is 2. The maximum Gasteiger partial charge on any atom is 0.315 e. The fraction of sp³-hybridized carbons (Fsp3) is 0.235. The molecule has 2 aromatic rings. The van der Waals surface area contributed by atoms with Gasteiger partial charge in [-0.2, -0.15) is 0 Å². The Morgan fingerprint density at radius 2 is 1.86 bits per heavy atom. The lowest BCUT2D eigenvalue weighted by atomic mass is 10.1. The van der Waals surface area contributed by atoms with Crippen LogP contribution >= 0.6 is 11.6 Å². The number of hydrogen-bond donors (Lipinski definition) is 3. The van der Waals surface area contributed by atoms with Crippen molar-refractivity contribution in [2.45, 2.75) is 25.9 Å². The van der Waals surface area contributed by atoms with Crippen molar-refractivity contribution in [1.82, 2.24) is 10.6 Å². The number of amides is 2. The van der Waals surface area contributed by atoms with Crippen LogP contribution in [0.3, 0.4) is 0 Å². The van der Waals surface area contributed by atoms with Crippen LogP contribution in [0.15, 0.2) is 48.5 Å². The van der Waals surface area contributed by atoms with Gasteiger partial charge in [-0.25, -0.2) is 4.79 Å². The van der Waals surface area contributed by atoms with Gasteiger partial charge in [0.1, 0.15) is 5.75 Å². The first-order chi connectivity index (χ1) is 10.5. The van der Waals surface area contributed by atoms with Gasteiger partial charge in [0.25, 0.3) is 0 Å². The lowest BCUT2D eigenvalue weighted by molar-refractivity contribution is 0.237. The third-order valence-corrected chi connectivity index (χ3v) is 3.62. The lowest BCUT2D eigenvalue weighted by Gasteiger charge is -2.15. The van der Waals surface area contributed by atoms with Crippen molar-refractivity contribution in [2.75, 3.05) is 0 Å². The molecule has 2 rings (SSSR count). The zero-order chi connectivity index (χ0) is 15.9. The van der Waals surface area contributed by atoms with Crippen molar-refractivity contribution in [3.8, 4) is 5.75 Å². The zero-order valence-electron chi connectivity index (χ0n) is 12.3. The van der Waals surface area contributed by atoms with Gasteiger partial charge in [0, 0.05) is 17.6 Å². The number of carbonyl (C=O) groups is 1. The van der Waals surface area contributed by atoms with E-state index in [-0.39, 0.29) is 17.8 Å². The van der Waals surface area contributed by atoms with Gasteiger partial charge in [-0.3, -0.25) is 0 Å². The quantitative estimate of drug-likeness (QED) is 0.790. The molecule has 0 bridgehead atoms. The number of halogens is 1. The predicted molar refractivity (Wildman–Crippen MR) is 88.1 cm³/mol. The Morgan fingerprint density at radius 3 is 2.55 bits per heavy atom. The molecule has 5 heteroatoms. The zero-order valence-corrected chi connectivity index (χ0v) is 13.1. The minimum absolute atomic E-state index is 0.0178. The van der Waals surface area contributed by atoms with E-state index >= 15 is 0 Å². The van der Waals surface area contributed by atoms with Crippen molar-refractivity contribution in [1.29, 1.82) is 0 Å². The Balaban J connectivity index is 1.79. The van der Waals surface area contributed by atoms with Gasteiger partial charge in [-0.15, -0.1) is 0 Å². The molecule has 0 saturated carbocycles. The highest BCUT2D eigenvalue weighted by molar-refractivity contribution is 6.31. The summed E-state index contributed by atoms with van der Waals surface area (Å²) < 4.78 is 0. The summed E-state index contributed by atoms with van der Waals surface area (Å²) in [5.41, 5.74) is 1.93. The van der Waals surface area contributed by atoms with E-state index in [2.05, 4.69) is 10.6 Å². The minimum Gasteiger partial charge on any atom is -0.508 e. The number of urea groups is 1. The molecule has 0 fully saturated rings. The lowest BCUT2D eigenvalue weighted by Crippen LogP contribution is -2.41. The average Bonchev–Trinajstić information content (AvgIpc) is 2.49. The summed E-state index contributed by atoms with van der Waals surface area (Å²) in [7, 11) is 0. The van der Waals surface area contributed by atoms with E-state index in [9.17, 15) is 9.90 Å². The van der Waals surface area contributed by atoms with Crippen LogP contribution < -0.4 is 10.6 Å². The molecule has 0 aliphatic carbocycles. The van der Waals surface area contributed by atoms with Gasteiger partial charge >= 0.3 is 6.03 Å². The normalized spacial score (nSPS) is 11.7. The average molecular weight is 319 g/mol. The molecular formula is C17H19ClN2O2. The van der Waals surface area contributed by atoms with E-state index in [4.69, 9.17) is 11.6 Å². The number of aromatic hydroxyl groups is 1. The summed E-state index contributed by atoms with van der Waals surface area (Å²) in [6.07, 6.45) is 0.694. The first-order valence-electron chi connectivity index (χ1n) is 7.10. The van der Waals surface area contributed by atoms with Crippen LogP contribution in [0.5, 0.6) is 5.75 Å². The minimum atomic E-state index is -0.230. The van der Waals surface area contributed by atoms with Gasteiger partial charge in [0.15, 0.2) is 0 Å². The first kappa shape index (κ1) is 16.2. The number of benzene rings is 2. The maximum absolute atomic E-state index is 11.9. The van der Waals surface area contributed by atoms with Crippen molar-refractivity contribution < 1.29 is 9.90 Å². The Labute approximate surface area is 135 Å².